The van der Waals surface area contributed by atoms with Crippen LogP contribution in [0.3, 0.4) is 0 Å². The quantitative estimate of drug-likeness (QED) is 0.435. The van der Waals surface area contributed by atoms with Gasteiger partial charge < -0.3 is 10.4 Å². The predicted octanol–water partition coefficient (Wildman–Crippen LogP) is 3.05. The maximum absolute atomic E-state index is 14.3. The number of halogens is 4. The van der Waals surface area contributed by atoms with Gasteiger partial charge in [-0.1, -0.05) is 6.92 Å². The Morgan fingerprint density at radius 2 is 1.94 bits per heavy atom. The average molecular weight is 488 g/mol. The number of aromatic nitrogens is 4. The largest absolute Gasteiger partial charge is 0.419 e. The number of rotatable bonds is 7. The van der Waals surface area contributed by atoms with Crippen LogP contribution in [0.2, 0.25) is 0 Å². The minimum Gasteiger partial charge on any atom is -0.388 e. The maximum atomic E-state index is 14.3. The molecule has 0 fully saturated rings. The fourth-order valence-corrected chi connectivity index (χ4v) is 3.32. The molecule has 0 saturated heterocycles. The van der Waals surface area contributed by atoms with Gasteiger partial charge in [-0.2, -0.15) is 18.3 Å². The van der Waals surface area contributed by atoms with E-state index < -0.39 is 43.8 Å². The zero-order valence-corrected chi connectivity index (χ0v) is 18.2. The van der Waals surface area contributed by atoms with E-state index in [1.165, 1.54) is 10.9 Å². The Kier molecular flexibility index (Phi) is 6.46. The highest BCUT2D eigenvalue weighted by molar-refractivity contribution is 7.89. The summed E-state index contributed by atoms with van der Waals surface area (Å²) in [5.74, 6) is -1.39. The van der Waals surface area contributed by atoms with Gasteiger partial charge in [-0.05, 0) is 31.5 Å². The van der Waals surface area contributed by atoms with Crippen molar-refractivity contribution in [3.63, 3.8) is 0 Å². The van der Waals surface area contributed by atoms with Crippen LogP contribution in [0.15, 0.2) is 41.7 Å². The van der Waals surface area contributed by atoms with Crippen molar-refractivity contribution >= 4 is 21.7 Å². The number of nitrogens with two attached hydrogens (primary N) is 1. The number of nitrogens with zero attached hydrogens (tertiary/aromatic N) is 4. The van der Waals surface area contributed by atoms with E-state index in [9.17, 15) is 31.1 Å². The van der Waals surface area contributed by atoms with Gasteiger partial charge in [-0.25, -0.2) is 27.9 Å². The lowest BCUT2D eigenvalue weighted by Crippen LogP contribution is -2.29. The molecule has 178 valence electrons. The monoisotopic (exact) mass is 488 g/mol. The molecule has 0 aliphatic heterocycles. The van der Waals surface area contributed by atoms with E-state index in [4.69, 9.17) is 5.14 Å². The molecular weight excluding hydrogens is 468 g/mol. The van der Waals surface area contributed by atoms with Crippen molar-refractivity contribution in [1.29, 1.82) is 0 Å². The molecular formula is C19H20F4N6O3S. The van der Waals surface area contributed by atoms with Gasteiger partial charge in [0, 0.05) is 18.0 Å². The molecule has 0 saturated carbocycles. The van der Waals surface area contributed by atoms with Crippen molar-refractivity contribution in [2.45, 2.75) is 43.5 Å². The highest BCUT2D eigenvalue weighted by atomic mass is 32.2. The fraction of sp³-hybridized carbons (Fsp3) is 0.316. The first-order chi connectivity index (χ1) is 15.2. The number of hydrogen-bond donors (Lipinski definition) is 3. The van der Waals surface area contributed by atoms with Crippen molar-refractivity contribution in [2.24, 2.45) is 5.14 Å². The first-order valence-electron chi connectivity index (χ1n) is 9.48. The van der Waals surface area contributed by atoms with Gasteiger partial charge in [0.25, 0.3) is 0 Å². The first-order valence-corrected chi connectivity index (χ1v) is 11.0. The van der Waals surface area contributed by atoms with Crippen LogP contribution in [0, 0.1) is 5.82 Å². The number of anilines is 2. The minimum absolute atomic E-state index is 0.00437. The van der Waals surface area contributed by atoms with Gasteiger partial charge in [-0.15, -0.1) is 0 Å². The number of sulfonamides is 1. The van der Waals surface area contributed by atoms with Gasteiger partial charge >= 0.3 is 6.18 Å². The van der Waals surface area contributed by atoms with Crippen LogP contribution in [0.5, 0.6) is 0 Å². The standard InChI is InChI=1S/C19H20F4N6O3S/c1-3-18(2,30)10-29-9-11(7-26-29)16-13(19(21,22)23)8-25-17(28-16)27-15-5-4-12(6-14(15)20)33(24,31)32/h4-9,30H,3,10H2,1-2H3,(H2,24,31,32)(H,25,27,28). The third-order valence-corrected chi connectivity index (χ3v) is 5.69. The summed E-state index contributed by atoms with van der Waals surface area (Å²) >= 11 is 0. The smallest absolute Gasteiger partial charge is 0.388 e. The Hall–Kier alpha value is -3.10. The number of benzene rings is 1. The van der Waals surface area contributed by atoms with Crippen LogP contribution in [0.1, 0.15) is 25.8 Å². The molecule has 1 aromatic carbocycles. The van der Waals surface area contributed by atoms with Gasteiger partial charge in [0.2, 0.25) is 16.0 Å². The summed E-state index contributed by atoms with van der Waals surface area (Å²) in [7, 11) is -4.14. The summed E-state index contributed by atoms with van der Waals surface area (Å²) in [4.78, 5) is 7.00. The molecule has 1 unspecified atom stereocenters. The van der Waals surface area contributed by atoms with Crippen molar-refractivity contribution in [1.82, 2.24) is 19.7 Å². The molecule has 4 N–H and O–H groups in total. The second-order valence-electron chi connectivity index (χ2n) is 7.54. The number of nitrogens with one attached hydrogen (secondary N) is 1. The van der Waals surface area contributed by atoms with Gasteiger partial charge in [0.15, 0.2) is 0 Å². The van der Waals surface area contributed by atoms with E-state index in [2.05, 4.69) is 20.4 Å². The summed E-state index contributed by atoms with van der Waals surface area (Å²) in [5.41, 5.74) is -3.04. The molecule has 14 heteroatoms. The van der Waals surface area contributed by atoms with Crippen molar-refractivity contribution in [3.8, 4) is 11.3 Å². The van der Waals surface area contributed by atoms with Crippen LogP contribution in [0.4, 0.5) is 29.2 Å². The van der Waals surface area contributed by atoms with Crippen LogP contribution in [0.25, 0.3) is 11.3 Å². The molecule has 2 heterocycles. The molecule has 0 amide bonds. The van der Waals surface area contributed by atoms with E-state index in [0.717, 1.165) is 18.3 Å². The van der Waals surface area contributed by atoms with Gasteiger partial charge in [0.05, 0.1) is 34.6 Å². The molecule has 0 radical (unpaired) electrons. The van der Waals surface area contributed by atoms with Crippen LogP contribution >= 0.6 is 0 Å². The third-order valence-electron chi connectivity index (χ3n) is 4.78. The zero-order valence-electron chi connectivity index (χ0n) is 17.4. The van der Waals surface area contributed by atoms with Crippen LogP contribution in [-0.4, -0.2) is 38.9 Å². The molecule has 3 aromatic rings. The Morgan fingerprint density at radius 1 is 1.24 bits per heavy atom. The number of hydrogen-bond acceptors (Lipinski definition) is 7. The highest BCUT2D eigenvalue weighted by Crippen LogP contribution is 2.36. The van der Waals surface area contributed by atoms with Gasteiger partial charge in [0.1, 0.15) is 11.4 Å². The van der Waals surface area contributed by atoms with E-state index in [1.54, 1.807) is 13.8 Å². The van der Waals surface area contributed by atoms with Crippen LogP contribution in [-0.2, 0) is 22.7 Å². The summed E-state index contributed by atoms with van der Waals surface area (Å²) in [5, 5.41) is 21.6. The molecule has 2 aromatic heterocycles. The molecule has 1 atom stereocenters. The minimum atomic E-state index is -4.78. The summed E-state index contributed by atoms with van der Waals surface area (Å²) in [6.07, 6.45) is -1.39. The third kappa shape index (κ3) is 5.83. The lowest BCUT2D eigenvalue weighted by atomic mass is 10.0. The Balaban J connectivity index is 1.99. The lowest BCUT2D eigenvalue weighted by molar-refractivity contribution is -0.137. The molecule has 0 aliphatic carbocycles. The van der Waals surface area contributed by atoms with E-state index >= 15 is 0 Å². The predicted molar refractivity (Wildman–Crippen MR) is 110 cm³/mol. The Labute approximate surface area is 186 Å². The first kappa shape index (κ1) is 24.5. The van der Waals surface area contributed by atoms with E-state index in [-0.39, 0.29) is 23.7 Å². The topological polar surface area (TPSA) is 136 Å². The maximum Gasteiger partial charge on any atom is 0.419 e. The molecule has 0 aliphatic rings. The van der Waals surface area contributed by atoms with Crippen LogP contribution < -0.4 is 10.5 Å². The fourth-order valence-electron chi connectivity index (χ4n) is 2.80. The van der Waals surface area contributed by atoms with Crippen molar-refractivity contribution in [3.05, 3.63) is 48.2 Å². The SMILES string of the molecule is CCC(C)(O)Cn1cc(-c2nc(Nc3ccc(S(N)(=O)=O)cc3F)ncc2C(F)(F)F)cn1. The second kappa shape index (κ2) is 8.68. The summed E-state index contributed by atoms with van der Waals surface area (Å²) in [6, 6.07) is 2.72. The molecule has 33 heavy (non-hydrogen) atoms. The number of aliphatic hydroxyl groups is 1. The highest BCUT2D eigenvalue weighted by Gasteiger charge is 2.36. The second-order valence-corrected chi connectivity index (χ2v) is 9.10. The Morgan fingerprint density at radius 3 is 2.52 bits per heavy atom. The lowest BCUT2D eigenvalue weighted by Gasteiger charge is -2.20. The molecule has 9 nitrogen and oxygen atoms in total. The molecule has 0 bridgehead atoms. The number of primary sulfonamides is 1. The Bertz CT molecular complexity index is 1270. The zero-order chi connectivity index (χ0) is 24.6. The molecule has 0 spiro atoms. The summed E-state index contributed by atoms with van der Waals surface area (Å²) in [6.45, 7) is 3.36. The van der Waals surface area contributed by atoms with Crippen molar-refractivity contribution in [2.75, 3.05) is 5.32 Å². The van der Waals surface area contributed by atoms with Gasteiger partial charge in [-0.3, -0.25) is 4.68 Å². The summed E-state index contributed by atoms with van der Waals surface area (Å²) < 4.78 is 78.9. The number of alkyl halides is 3. The van der Waals surface area contributed by atoms with E-state index in [0.29, 0.717) is 18.7 Å². The average Bonchev–Trinajstić information content (AvgIpc) is 3.15. The molecule has 3 rings (SSSR count). The van der Waals surface area contributed by atoms with E-state index in [1.807, 2.05) is 0 Å². The van der Waals surface area contributed by atoms with Crippen molar-refractivity contribution < 1.29 is 31.1 Å². The normalized spacial score (nSPS) is 14.2.